The Balaban J connectivity index is 2.04. The third kappa shape index (κ3) is 2.68. The maximum Gasteiger partial charge on any atom is 0.153 e. The molecule has 0 bridgehead atoms. The molecule has 21 heavy (non-hydrogen) atoms. The number of aromatic nitrogens is 2. The van der Waals surface area contributed by atoms with Gasteiger partial charge in [-0.2, -0.15) is 0 Å². The molecule has 0 saturated carbocycles. The molecule has 0 spiro atoms. The molecule has 3 nitrogen and oxygen atoms in total. The molecular formula is C17H18BrN3. The van der Waals surface area contributed by atoms with Crippen LogP contribution in [0.2, 0.25) is 0 Å². The van der Waals surface area contributed by atoms with Gasteiger partial charge in [0.05, 0.1) is 4.47 Å². The lowest BCUT2D eigenvalue weighted by Gasteiger charge is -2.06. The highest BCUT2D eigenvalue weighted by Crippen LogP contribution is 2.29. The fourth-order valence-electron chi connectivity index (χ4n) is 2.54. The normalized spacial score (nSPS) is 11.4. The van der Waals surface area contributed by atoms with Gasteiger partial charge in [0.15, 0.2) is 5.65 Å². The zero-order valence-electron chi connectivity index (χ0n) is 12.2. The minimum absolute atomic E-state index is 0.659. The van der Waals surface area contributed by atoms with Crippen molar-refractivity contribution in [3.05, 3.63) is 52.6 Å². The first-order valence-electron chi connectivity index (χ1n) is 7.07. The second-order valence-corrected chi connectivity index (χ2v) is 6.54. The zero-order chi connectivity index (χ0) is 15.0. The quantitative estimate of drug-likeness (QED) is 0.758. The Kier molecular flexibility index (Phi) is 3.72. The van der Waals surface area contributed by atoms with E-state index in [0.29, 0.717) is 11.7 Å². The van der Waals surface area contributed by atoms with Crippen LogP contribution in [0.4, 0.5) is 5.82 Å². The van der Waals surface area contributed by atoms with Gasteiger partial charge >= 0.3 is 0 Å². The lowest BCUT2D eigenvalue weighted by Crippen LogP contribution is -1.95. The molecule has 0 fully saturated rings. The molecule has 3 rings (SSSR count). The molecule has 0 radical (unpaired) electrons. The fourth-order valence-corrected chi connectivity index (χ4v) is 2.97. The monoisotopic (exact) mass is 343 g/mol. The molecule has 0 aliphatic rings. The maximum absolute atomic E-state index is 6.24. The number of nitrogen functional groups attached to an aromatic ring is 1. The van der Waals surface area contributed by atoms with Gasteiger partial charge in [-0.15, -0.1) is 0 Å². The number of halogens is 1. The van der Waals surface area contributed by atoms with E-state index in [2.05, 4.69) is 59.0 Å². The summed E-state index contributed by atoms with van der Waals surface area (Å²) in [5, 5.41) is 0. The highest BCUT2D eigenvalue weighted by molar-refractivity contribution is 9.10. The van der Waals surface area contributed by atoms with E-state index in [1.54, 1.807) is 0 Å². The number of imidazole rings is 1. The second-order valence-electron chi connectivity index (χ2n) is 5.69. The van der Waals surface area contributed by atoms with Crippen molar-refractivity contribution in [1.82, 2.24) is 9.38 Å². The molecule has 3 aromatic rings. The van der Waals surface area contributed by atoms with Crippen molar-refractivity contribution in [2.24, 2.45) is 5.92 Å². The Bertz CT molecular complexity index is 773. The molecule has 108 valence electrons. The highest BCUT2D eigenvalue weighted by Gasteiger charge is 2.12. The van der Waals surface area contributed by atoms with Crippen LogP contribution in [0.1, 0.15) is 19.4 Å². The number of nitrogens with two attached hydrogens (primary N) is 1. The van der Waals surface area contributed by atoms with E-state index in [1.807, 2.05) is 22.7 Å². The molecule has 2 heterocycles. The van der Waals surface area contributed by atoms with Crippen molar-refractivity contribution in [3.8, 4) is 11.3 Å². The average Bonchev–Trinajstić information content (AvgIpc) is 2.78. The predicted octanol–water partition coefficient (Wildman–Crippen LogP) is 4.54. The van der Waals surface area contributed by atoms with Gasteiger partial charge in [0.1, 0.15) is 11.5 Å². The summed E-state index contributed by atoms with van der Waals surface area (Å²) >= 11 is 3.52. The average molecular weight is 344 g/mol. The SMILES string of the molecule is CC(C)Cc1ccc(-c2nc3c(Br)cccn3c2N)cc1. The summed E-state index contributed by atoms with van der Waals surface area (Å²) in [5.74, 6) is 1.33. The molecule has 0 saturated heterocycles. The van der Waals surface area contributed by atoms with E-state index >= 15 is 0 Å². The molecule has 2 N–H and O–H groups in total. The van der Waals surface area contributed by atoms with E-state index < -0.39 is 0 Å². The number of hydrogen-bond donors (Lipinski definition) is 1. The van der Waals surface area contributed by atoms with Crippen LogP contribution < -0.4 is 5.73 Å². The topological polar surface area (TPSA) is 43.3 Å². The molecule has 2 aromatic heterocycles. The summed E-state index contributed by atoms with van der Waals surface area (Å²) in [7, 11) is 0. The Morgan fingerprint density at radius 2 is 1.90 bits per heavy atom. The van der Waals surface area contributed by atoms with Crippen molar-refractivity contribution < 1.29 is 0 Å². The minimum atomic E-state index is 0.659. The largest absolute Gasteiger partial charge is 0.383 e. The van der Waals surface area contributed by atoms with Crippen molar-refractivity contribution in [3.63, 3.8) is 0 Å². The molecule has 0 aliphatic carbocycles. The molecule has 4 heteroatoms. The van der Waals surface area contributed by atoms with Crippen LogP contribution in [0.15, 0.2) is 47.1 Å². The summed E-state index contributed by atoms with van der Waals surface area (Å²) in [6.45, 7) is 4.46. The Hall–Kier alpha value is -1.81. The Labute approximate surface area is 132 Å². The predicted molar refractivity (Wildman–Crippen MR) is 91.3 cm³/mol. The first-order valence-corrected chi connectivity index (χ1v) is 7.87. The molecular weight excluding hydrogens is 326 g/mol. The van der Waals surface area contributed by atoms with Crippen LogP contribution >= 0.6 is 15.9 Å². The number of benzene rings is 1. The van der Waals surface area contributed by atoms with E-state index in [0.717, 1.165) is 27.8 Å². The van der Waals surface area contributed by atoms with Crippen LogP contribution in [0.3, 0.4) is 0 Å². The lowest BCUT2D eigenvalue weighted by atomic mass is 10.0. The van der Waals surface area contributed by atoms with Gasteiger partial charge in [-0.1, -0.05) is 38.1 Å². The van der Waals surface area contributed by atoms with Crippen LogP contribution in [0.25, 0.3) is 16.9 Å². The summed E-state index contributed by atoms with van der Waals surface area (Å²) in [6.07, 6.45) is 3.02. The number of anilines is 1. The van der Waals surface area contributed by atoms with E-state index in [4.69, 9.17) is 5.73 Å². The second kappa shape index (κ2) is 5.53. The van der Waals surface area contributed by atoms with E-state index in [-0.39, 0.29) is 0 Å². The first kappa shape index (κ1) is 14.1. The Morgan fingerprint density at radius 1 is 1.19 bits per heavy atom. The van der Waals surface area contributed by atoms with Crippen molar-refractivity contribution in [1.29, 1.82) is 0 Å². The molecule has 0 amide bonds. The summed E-state index contributed by atoms with van der Waals surface area (Å²) in [5.41, 5.74) is 10.3. The van der Waals surface area contributed by atoms with Crippen LogP contribution in [0.5, 0.6) is 0 Å². The third-order valence-electron chi connectivity index (χ3n) is 3.51. The minimum Gasteiger partial charge on any atom is -0.383 e. The molecule has 0 atom stereocenters. The van der Waals surface area contributed by atoms with Gasteiger partial charge in [0.25, 0.3) is 0 Å². The van der Waals surface area contributed by atoms with E-state index in [1.165, 1.54) is 5.56 Å². The van der Waals surface area contributed by atoms with Crippen molar-refractivity contribution in [2.75, 3.05) is 5.73 Å². The summed E-state index contributed by atoms with van der Waals surface area (Å²) in [4.78, 5) is 4.66. The molecule has 0 aliphatic heterocycles. The smallest absolute Gasteiger partial charge is 0.153 e. The van der Waals surface area contributed by atoms with Crippen molar-refractivity contribution >= 4 is 27.4 Å². The van der Waals surface area contributed by atoms with Crippen LogP contribution in [-0.4, -0.2) is 9.38 Å². The van der Waals surface area contributed by atoms with Gasteiger partial charge in [0.2, 0.25) is 0 Å². The van der Waals surface area contributed by atoms with Gasteiger partial charge in [-0.05, 0) is 46.0 Å². The van der Waals surface area contributed by atoms with Crippen LogP contribution in [-0.2, 0) is 6.42 Å². The number of pyridine rings is 1. The fraction of sp³-hybridized carbons (Fsp3) is 0.235. The van der Waals surface area contributed by atoms with Crippen molar-refractivity contribution in [2.45, 2.75) is 20.3 Å². The van der Waals surface area contributed by atoms with Gasteiger partial charge in [-0.25, -0.2) is 4.98 Å². The summed E-state index contributed by atoms with van der Waals surface area (Å²) in [6, 6.07) is 12.4. The number of fused-ring (bicyclic) bond motifs is 1. The summed E-state index contributed by atoms with van der Waals surface area (Å²) < 4.78 is 2.85. The number of nitrogens with zero attached hydrogens (tertiary/aromatic N) is 2. The molecule has 0 unspecified atom stereocenters. The Morgan fingerprint density at radius 3 is 2.52 bits per heavy atom. The molecule has 1 aromatic carbocycles. The zero-order valence-corrected chi connectivity index (χ0v) is 13.8. The van der Waals surface area contributed by atoms with Gasteiger partial charge in [-0.3, -0.25) is 4.40 Å². The number of hydrogen-bond acceptors (Lipinski definition) is 2. The third-order valence-corrected chi connectivity index (χ3v) is 4.13. The van der Waals surface area contributed by atoms with Gasteiger partial charge < -0.3 is 5.73 Å². The standard InChI is InChI=1S/C17H18BrN3/c1-11(2)10-12-5-7-13(8-6-12)15-16(19)21-9-3-4-14(18)17(21)20-15/h3-9,11H,10,19H2,1-2H3. The van der Waals surface area contributed by atoms with Crippen LogP contribution in [0, 0.1) is 5.92 Å². The lowest BCUT2D eigenvalue weighted by molar-refractivity contribution is 0.647. The number of rotatable bonds is 3. The maximum atomic E-state index is 6.24. The van der Waals surface area contributed by atoms with E-state index in [9.17, 15) is 0 Å². The highest BCUT2D eigenvalue weighted by atomic mass is 79.9. The first-order chi connectivity index (χ1) is 10.1. The van der Waals surface area contributed by atoms with Gasteiger partial charge in [0, 0.05) is 11.8 Å².